The van der Waals surface area contributed by atoms with Crippen LogP contribution in [0.2, 0.25) is 5.02 Å². The molecule has 1 aromatic carbocycles. The zero-order chi connectivity index (χ0) is 14.5. The van der Waals surface area contributed by atoms with Gasteiger partial charge in [-0.2, -0.15) is 4.31 Å². The summed E-state index contributed by atoms with van der Waals surface area (Å²) >= 11 is 5.94. The first-order valence-corrected chi connectivity index (χ1v) is 7.21. The molecule has 0 spiro atoms. The number of halogens is 1. The molecule has 104 valence electrons. The number of hydrogen-bond acceptors (Lipinski definition) is 4. The molecule has 2 N–H and O–H groups in total. The van der Waals surface area contributed by atoms with Gasteiger partial charge in [0.1, 0.15) is 11.5 Å². The van der Waals surface area contributed by atoms with Gasteiger partial charge in [-0.1, -0.05) is 23.4 Å². The van der Waals surface area contributed by atoms with E-state index >= 15 is 0 Å². The lowest BCUT2D eigenvalue weighted by Gasteiger charge is -2.16. The van der Waals surface area contributed by atoms with Crippen molar-refractivity contribution in [2.24, 2.45) is 0 Å². The number of aliphatic hydroxyl groups is 2. The number of sulfonamides is 1. The first kappa shape index (κ1) is 16.0. The van der Waals surface area contributed by atoms with Gasteiger partial charge in [-0.05, 0) is 18.2 Å². The average Bonchev–Trinajstić information content (AvgIpc) is 2.36. The molecule has 0 saturated heterocycles. The molecule has 0 aliphatic heterocycles. The van der Waals surface area contributed by atoms with E-state index in [9.17, 15) is 8.42 Å². The minimum absolute atomic E-state index is 0.00919. The Labute approximate surface area is 117 Å². The molecular weight excluding hydrogens is 290 g/mol. The Morgan fingerprint density at radius 1 is 1.37 bits per heavy atom. The Morgan fingerprint density at radius 2 is 2.05 bits per heavy atom. The standard InChI is InChI=1S/C12H14ClNO4S/c1-14(6-8-16)19(17,18)12-5-4-10(3-2-7-15)9-11(12)13/h4-5,9,15-16H,6-8H2,1H3. The summed E-state index contributed by atoms with van der Waals surface area (Å²) in [6.07, 6.45) is 0. The first-order chi connectivity index (χ1) is 8.93. The summed E-state index contributed by atoms with van der Waals surface area (Å²) in [4.78, 5) is -0.0420. The van der Waals surface area contributed by atoms with Crippen LogP contribution in [0.4, 0.5) is 0 Å². The van der Waals surface area contributed by atoms with Crippen LogP contribution < -0.4 is 0 Å². The average molecular weight is 304 g/mol. The van der Waals surface area contributed by atoms with Gasteiger partial charge >= 0.3 is 0 Å². The van der Waals surface area contributed by atoms with E-state index in [1.807, 2.05) is 0 Å². The fourth-order valence-corrected chi connectivity index (χ4v) is 3.03. The van der Waals surface area contributed by atoms with Gasteiger partial charge < -0.3 is 10.2 Å². The Bertz CT molecular complexity index is 604. The molecule has 0 atom stereocenters. The maximum atomic E-state index is 12.1. The topological polar surface area (TPSA) is 77.8 Å². The van der Waals surface area contributed by atoms with E-state index in [1.165, 1.54) is 25.2 Å². The van der Waals surface area contributed by atoms with Crippen LogP contribution in [0.1, 0.15) is 5.56 Å². The van der Waals surface area contributed by atoms with Gasteiger partial charge in [0.15, 0.2) is 0 Å². The second-order valence-electron chi connectivity index (χ2n) is 3.66. The number of benzene rings is 1. The van der Waals surface area contributed by atoms with Crippen LogP contribution in [0.5, 0.6) is 0 Å². The molecule has 0 heterocycles. The molecule has 0 aromatic heterocycles. The number of aliphatic hydroxyl groups excluding tert-OH is 2. The Hall–Kier alpha value is -1.10. The molecule has 5 nitrogen and oxygen atoms in total. The SMILES string of the molecule is CN(CCO)S(=O)(=O)c1ccc(C#CCO)cc1Cl. The first-order valence-electron chi connectivity index (χ1n) is 5.40. The molecule has 0 aliphatic carbocycles. The van der Waals surface area contributed by atoms with Crippen molar-refractivity contribution in [2.45, 2.75) is 4.90 Å². The van der Waals surface area contributed by atoms with Crippen LogP contribution in [0.25, 0.3) is 0 Å². The van der Waals surface area contributed by atoms with Crippen LogP contribution in [-0.2, 0) is 10.0 Å². The third-order valence-electron chi connectivity index (χ3n) is 2.35. The molecule has 0 saturated carbocycles. The van der Waals surface area contributed by atoms with Crippen LogP contribution >= 0.6 is 11.6 Å². The highest BCUT2D eigenvalue weighted by molar-refractivity contribution is 7.89. The van der Waals surface area contributed by atoms with Crippen molar-refractivity contribution in [3.8, 4) is 11.8 Å². The molecule has 19 heavy (non-hydrogen) atoms. The van der Waals surface area contributed by atoms with E-state index in [4.69, 9.17) is 21.8 Å². The third kappa shape index (κ3) is 3.93. The minimum Gasteiger partial charge on any atom is -0.395 e. The minimum atomic E-state index is -3.73. The van der Waals surface area contributed by atoms with E-state index in [0.717, 1.165) is 4.31 Å². The summed E-state index contributed by atoms with van der Waals surface area (Å²) in [5.41, 5.74) is 0.516. The van der Waals surface area contributed by atoms with Gasteiger partial charge in [-0.25, -0.2) is 8.42 Å². The molecule has 0 unspecified atom stereocenters. The largest absolute Gasteiger partial charge is 0.395 e. The van der Waals surface area contributed by atoms with Gasteiger partial charge in [0.25, 0.3) is 0 Å². The molecular formula is C12H14ClNO4S. The molecule has 1 aromatic rings. The fourth-order valence-electron chi connectivity index (χ4n) is 1.36. The van der Waals surface area contributed by atoms with E-state index in [2.05, 4.69) is 11.8 Å². The Kier molecular flexibility index (Phi) is 5.79. The van der Waals surface area contributed by atoms with Crippen molar-refractivity contribution in [2.75, 3.05) is 26.8 Å². The van der Waals surface area contributed by atoms with Crippen LogP contribution in [0, 0.1) is 11.8 Å². The summed E-state index contributed by atoms with van der Waals surface area (Å²) in [7, 11) is -2.36. The fraction of sp³-hybridized carbons (Fsp3) is 0.333. The van der Waals surface area contributed by atoms with Crippen molar-refractivity contribution >= 4 is 21.6 Å². The lowest BCUT2D eigenvalue weighted by atomic mass is 10.2. The van der Waals surface area contributed by atoms with E-state index in [0.29, 0.717) is 5.56 Å². The number of likely N-dealkylation sites (N-methyl/N-ethyl adjacent to an activating group) is 1. The van der Waals surface area contributed by atoms with E-state index < -0.39 is 10.0 Å². The normalized spacial score (nSPS) is 11.2. The molecule has 0 amide bonds. The molecule has 0 bridgehead atoms. The molecule has 0 radical (unpaired) electrons. The second kappa shape index (κ2) is 6.89. The summed E-state index contributed by atoms with van der Waals surface area (Å²) in [5.74, 6) is 5.08. The highest BCUT2D eigenvalue weighted by Crippen LogP contribution is 2.24. The zero-order valence-corrected chi connectivity index (χ0v) is 11.9. The predicted molar refractivity (Wildman–Crippen MR) is 72.3 cm³/mol. The maximum absolute atomic E-state index is 12.1. The van der Waals surface area contributed by atoms with Gasteiger partial charge in [-0.3, -0.25) is 0 Å². The summed E-state index contributed by atoms with van der Waals surface area (Å²) in [6.45, 7) is -0.560. The van der Waals surface area contributed by atoms with Gasteiger partial charge in [-0.15, -0.1) is 0 Å². The number of nitrogens with zero attached hydrogens (tertiary/aromatic N) is 1. The smallest absolute Gasteiger partial charge is 0.244 e. The van der Waals surface area contributed by atoms with Crippen molar-refractivity contribution in [3.05, 3.63) is 28.8 Å². The maximum Gasteiger partial charge on any atom is 0.244 e. The van der Waals surface area contributed by atoms with Crippen LogP contribution in [0.15, 0.2) is 23.1 Å². The predicted octanol–water partition coefficient (Wildman–Crippen LogP) is 0.297. The zero-order valence-electron chi connectivity index (χ0n) is 10.3. The molecule has 1 rings (SSSR count). The highest BCUT2D eigenvalue weighted by Gasteiger charge is 2.23. The summed E-state index contributed by atoms with van der Waals surface area (Å²) in [5, 5.41) is 17.4. The summed E-state index contributed by atoms with van der Waals surface area (Å²) in [6, 6.07) is 4.28. The lowest BCUT2D eigenvalue weighted by Crippen LogP contribution is -2.29. The Balaban J connectivity index is 3.16. The molecule has 0 aliphatic rings. The Morgan fingerprint density at radius 3 is 2.58 bits per heavy atom. The van der Waals surface area contributed by atoms with Gasteiger partial charge in [0.2, 0.25) is 10.0 Å². The van der Waals surface area contributed by atoms with Crippen molar-refractivity contribution < 1.29 is 18.6 Å². The van der Waals surface area contributed by atoms with Crippen molar-refractivity contribution in [3.63, 3.8) is 0 Å². The molecule has 0 fully saturated rings. The van der Waals surface area contributed by atoms with Crippen molar-refractivity contribution in [1.29, 1.82) is 0 Å². The number of hydrogen-bond donors (Lipinski definition) is 2. The molecule has 7 heteroatoms. The third-order valence-corrected chi connectivity index (χ3v) is 4.69. The second-order valence-corrected chi connectivity index (χ2v) is 6.08. The lowest BCUT2D eigenvalue weighted by molar-refractivity contribution is 0.266. The highest BCUT2D eigenvalue weighted by atomic mass is 35.5. The van der Waals surface area contributed by atoms with Crippen LogP contribution in [0.3, 0.4) is 0 Å². The van der Waals surface area contributed by atoms with Gasteiger partial charge in [0.05, 0.1) is 11.6 Å². The number of rotatable bonds is 4. The van der Waals surface area contributed by atoms with E-state index in [-0.39, 0.29) is 29.7 Å². The monoisotopic (exact) mass is 303 g/mol. The van der Waals surface area contributed by atoms with Crippen LogP contribution in [-0.4, -0.2) is 49.7 Å². The van der Waals surface area contributed by atoms with E-state index in [1.54, 1.807) is 0 Å². The summed E-state index contributed by atoms with van der Waals surface area (Å²) < 4.78 is 25.3. The van der Waals surface area contributed by atoms with Crippen molar-refractivity contribution in [1.82, 2.24) is 4.31 Å². The quantitative estimate of drug-likeness (QED) is 0.784. The van der Waals surface area contributed by atoms with Gasteiger partial charge in [0, 0.05) is 19.2 Å².